The third-order valence-electron chi connectivity index (χ3n) is 3.39. The molecular formula is C14H14BrN5O. The summed E-state index contributed by atoms with van der Waals surface area (Å²) in [5.74, 6) is 1.44. The van der Waals surface area contributed by atoms with Crippen LogP contribution in [0.1, 0.15) is 40.8 Å². The number of hydrogen-bond donors (Lipinski definition) is 0. The molecule has 0 spiro atoms. The fraction of sp³-hybridized carbons (Fsp3) is 0.357. The quantitative estimate of drug-likeness (QED) is 0.852. The molecule has 1 aliphatic carbocycles. The summed E-state index contributed by atoms with van der Waals surface area (Å²) in [6.45, 7) is 1.82. The zero-order valence-electron chi connectivity index (χ0n) is 11.7. The monoisotopic (exact) mass is 347 g/mol. The Morgan fingerprint density at radius 2 is 2.00 bits per heavy atom. The van der Waals surface area contributed by atoms with E-state index in [-0.39, 0.29) is 5.91 Å². The number of nitrogens with zero attached hydrogens (tertiary/aromatic N) is 5. The van der Waals surface area contributed by atoms with Gasteiger partial charge in [0.15, 0.2) is 5.82 Å². The van der Waals surface area contributed by atoms with Gasteiger partial charge in [-0.05, 0) is 35.7 Å². The molecule has 0 saturated heterocycles. The Labute approximate surface area is 130 Å². The predicted octanol–water partition coefficient (Wildman–Crippen LogP) is 2.49. The zero-order chi connectivity index (χ0) is 15.0. The Morgan fingerprint density at radius 1 is 1.29 bits per heavy atom. The van der Waals surface area contributed by atoms with Gasteiger partial charge in [0.1, 0.15) is 11.5 Å². The summed E-state index contributed by atoms with van der Waals surface area (Å²) < 4.78 is 0.588. The van der Waals surface area contributed by atoms with E-state index < -0.39 is 0 Å². The molecule has 21 heavy (non-hydrogen) atoms. The van der Waals surface area contributed by atoms with Crippen LogP contribution in [0.5, 0.6) is 0 Å². The van der Waals surface area contributed by atoms with Crippen molar-refractivity contribution < 1.29 is 4.79 Å². The lowest BCUT2D eigenvalue weighted by Crippen LogP contribution is -2.29. The van der Waals surface area contributed by atoms with Crippen LogP contribution in [0.2, 0.25) is 0 Å². The molecule has 108 valence electrons. The van der Waals surface area contributed by atoms with Crippen molar-refractivity contribution in [2.24, 2.45) is 0 Å². The molecule has 6 nitrogen and oxygen atoms in total. The van der Waals surface area contributed by atoms with Gasteiger partial charge >= 0.3 is 0 Å². The van der Waals surface area contributed by atoms with Crippen LogP contribution in [-0.4, -0.2) is 32.9 Å². The molecule has 0 bridgehead atoms. The average molecular weight is 348 g/mol. The van der Waals surface area contributed by atoms with E-state index in [0.717, 1.165) is 18.7 Å². The van der Waals surface area contributed by atoms with Crippen molar-refractivity contribution in [3.63, 3.8) is 0 Å². The second-order valence-electron chi connectivity index (χ2n) is 5.03. The van der Waals surface area contributed by atoms with Crippen molar-refractivity contribution in [2.75, 3.05) is 11.9 Å². The smallest absolute Gasteiger partial charge is 0.279 e. The van der Waals surface area contributed by atoms with E-state index in [1.807, 2.05) is 6.92 Å². The van der Waals surface area contributed by atoms with Crippen molar-refractivity contribution in [1.29, 1.82) is 0 Å². The van der Waals surface area contributed by atoms with Crippen LogP contribution in [0, 0.1) is 6.92 Å². The molecule has 3 rings (SSSR count). The molecule has 2 aromatic heterocycles. The first kappa shape index (κ1) is 14.1. The largest absolute Gasteiger partial charge is 0.293 e. The van der Waals surface area contributed by atoms with Crippen molar-refractivity contribution >= 4 is 27.7 Å². The van der Waals surface area contributed by atoms with Crippen molar-refractivity contribution in [1.82, 2.24) is 19.9 Å². The van der Waals surface area contributed by atoms with Crippen LogP contribution >= 0.6 is 15.9 Å². The molecular weight excluding hydrogens is 334 g/mol. The van der Waals surface area contributed by atoms with Gasteiger partial charge in [-0.25, -0.2) is 15.0 Å². The fourth-order valence-electron chi connectivity index (χ4n) is 2.05. The molecule has 0 atom stereocenters. The molecule has 0 aromatic carbocycles. The number of aryl methyl sites for hydroxylation is 1. The molecule has 2 aromatic rings. The van der Waals surface area contributed by atoms with Crippen LogP contribution in [0.3, 0.4) is 0 Å². The highest BCUT2D eigenvalue weighted by atomic mass is 79.9. The van der Waals surface area contributed by atoms with Gasteiger partial charge in [0.25, 0.3) is 5.91 Å². The Kier molecular flexibility index (Phi) is 3.67. The van der Waals surface area contributed by atoms with E-state index in [9.17, 15) is 4.79 Å². The standard InChI is InChI=1S/C14H14BrN5O/c1-8-13(17-6-5-16-8)20(2)14(21)11-10(15)7-18-12(19-11)9-3-4-9/h5-7,9H,3-4H2,1-2H3. The van der Waals surface area contributed by atoms with Crippen molar-refractivity contribution in [3.8, 4) is 0 Å². The lowest BCUT2D eigenvalue weighted by Gasteiger charge is -2.17. The average Bonchev–Trinajstić information content (AvgIpc) is 3.31. The van der Waals surface area contributed by atoms with Crippen molar-refractivity contribution in [3.05, 3.63) is 40.3 Å². The molecule has 1 aliphatic rings. The number of rotatable bonds is 3. The van der Waals surface area contributed by atoms with E-state index in [4.69, 9.17) is 0 Å². The lowest BCUT2D eigenvalue weighted by molar-refractivity contribution is 0.0986. The lowest BCUT2D eigenvalue weighted by atomic mass is 10.3. The summed E-state index contributed by atoms with van der Waals surface area (Å²) in [7, 11) is 1.67. The zero-order valence-corrected chi connectivity index (χ0v) is 13.3. The number of carbonyl (C=O) groups excluding carboxylic acids is 1. The highest BCUT2D eigenvalue weighted by molar-refractivity contribution is 9.10. The minimum atomic E-state index is -0.227. The van der Waals surface area contributed by atoms with Crippen molar-refractivity contribution in [2.45, 2.75) is 25.7 Å². The summed E-state index contributed by atoms with van der Waals surface area (Å²) in [4.78, 5) is 31.2. The maximum atomic E-state index is 12.7. The van der Waals surface area contributed by atoms with Crippen LogP contribution in [0.4, 0.5) is 5.82 Å². The molecule has 0 aliphatic heterocycles. The summed E-state index contributed by atoms with van der Waals surface area (Å²) in [5, 5.41) is 0. The molecule has 0 N–H and O–H groups in total. The van der Waals surface area contributed by atoms with Gasteiger partial charge < -0.3 is 0 Å². The Hall–Kier alpha value is -1.89. The van der Waals surface area contributed by atoms with E-state index in [1.54, 1.807) is 25.6 Å². The Morgan fingerprint density at radius 3 is 2.67 bits per heavy atom. The van der Waals surface area contributed by atoms with E-state index in [2.05, 4.69) is 35.9 Å². The van der Waals surface area contributed by atoms with Crippen LogP contribution in [0.25, 0.3) is 0 Å². The number of amides is 1. The van der Waals surface area contributed by atoms with Gasteiger partial charge in [0, 0.05) is 31.6 Å². The second kappa shape index (κ2) is 5.48. The minimum absolute atomic E-state index is 0.227. The van der Waals surface area contributed by atoms with E-state index in [0.29, 0.717) is 27.6 Å². The Balaban J connectivity index is 1.94. The van der Waals surface area contributed by atoms with Gasteiger partial charge in [-0.1, -0.05) is 0 Å². The number of hydrogen-bond acceptors (Lipinski definition) is 5. The summed E-state index contributed by atoms with van der Waals surface area (Å²) in [6.07, 6.45) is 6.99. The number of halogens is 1. The molecule has 0 radical (unpaired) electrons. The van der Waals surface area contributed by atoms with Gasteiger partial charge in [0.05, 0.1) is 10.2 Å². The van der Waals surface area contributed by atoms with Gasteiger partial charge in [0.2, 0.25) is 0 Å². The first-order valence-electron chi connectivity index (χ1n) is 6.66. The molecule has 1 amide bonds. The molecule has 1 saturated carbocycles. The maximum absolute atomic E-state index is 12.7. The van der Waals surface area contributed by atoms with E-state index in [1.165, 1.54) is 4.90 Å². The first-order valence-corrected chi connectivity index (χ1v) is 7.45. The maximum Gasteiger partial charge on any atom is 0.279 e. The van der Waals surface area contributed by atoms with Crippen LogP contribution in [-0.2, 0) is 0 Å². The van der Waals surface area contributed by atoms with Gasteiger partial charge in [-0.15, -0.1) is 0 Å². The van der Waals surface area contributed by atoms with Gasteiger partial charge in [-0.2, -0.15) is 0 Å². The number of carbonyl (C=O) groups is 1. The SMILES string of the molecule is Cc1nccnc1N(C)C(=O)c1nc(C2CC2)ncc1Br. The summed E-state index contributed by atoms with van der Waals surface area (Å²) in [6, 6.07) is 0. The highest BCUT2D eigenvalue weighted by Gasteiger charge is 2.29. The normalized spacial score (nSPS) is 14.0. The predicted molar refractivity (Wildman–Crippen MR) is 81.2 cm³/mol. The summed E-state index contributed by atoms with van der Waals surface area (Å²) >= 11 is 3.35. The Bertz CT molecular complexity index is 702. The first-order chi connectivity index (χ1) is 10.1. The van der Waals surface area contributed by atoms with Crippen LogP contribution < -0.4 is 4.90 Å². The third-order valence-corrected chi connectivity index (χ3v) is 3.97. The minimum Gasteiger partial charge on any atom is -0.293 e. The summed E-state index contributed by atoms with van der Waals surface area (Å²) in [5.41, 5.74) is 1.06. The number of anilines is 1. The fourth-order valence-corrected chi connectivity index (χ4v) is 2.41. The highest BCUT2D eigenvalue weighted by Crippen LogP contribution is 2.38. The third kappa shape index (κ3) is 2.78. The molecule has 2 heterocycles. The molecule has 0 unspecified atom stereocenters. The number of aromatic nitrogens is 4. The second-order valence-corrected chi connectivity index (χ2v) is 5.88. The van der Waals surface area contributed by atoms with E-state index >= 15 is 0 Å². The topological polar surface area (TPSA) is 71.9 Å². The molecule has 7 heteroatoms. The van der Waals surface area contributed by atoms with Gasteiger partial charge in [-0.3, -0.25) is 14.7 Å². The van der Waals surface area contributed by atoms with Crippen LogP contribution in [0.15, 0.2) is 23.1 Å². The molecule has 1 fully saturated rings.